The summed E-state index contributed by atoms with van der Waals surface area (Å²) in [6.07, 6.45) is 0. The molecule has 0 aliphatic heterocycles. The van der Waals surface area contributed by atoms with Gasteiger partial charge in [0.2, 0.25) is 0 Å². The van der Waals surface area contributed by atoms with Crippen molar-refractivity contribution in [1.82, 2.24) is 0 Å². The van der Waals surface area contributed by atoms with E-state index in [1.165, 1.54) is 100 Å². The Morgan fingerprint density at radius 1 is 0.364 bits per heavy atom. The Balaban J connectivity index is 1.27. The Hall–Kier alpha value is -6.44. The molecule has 55 heavy (non-hydrogen) atoms. The summed E-state index contributed by atoms with van der Waals surface area (Å²) in [6.45, 7) is 9.28. The van der Waals surface area contributed by atoms with Gasteiger partial charge in [-0.25, -0.2) is 0 Å². The highest BCUT2D eigenvalue weighted by Gasteiger charge is 2.53. The Labute approximate surface area is 324 Å². The molecule has 8 aromatic carbocycles. The second kappa shape index (κ2) is 11.5. The lowest BCUT2D eigenvalue weighted by Gasteiger charge is -2.33. The van der Waals surface area contributed by atoms with Crippen molar-refractivity contribution in [2.45, 2.75) is 38.5 Å². The monoisotopic (exact) mass is 703 g/mol. The van der Waals surface area contributed by atoms with Crippen molar-refractivity contribution in [2.75, 3.05) is 4.90 Å². The second-order valence-corrected chi connectivity index (χ2v) is 16.2. The standard InChI is InChI=1S/C54H41N/c1-34-28-29-42-47(30-34)54(44-24-12-8-20-39(44)40-21-9-13-25-45(40)54)48-31-35(2)32-50(52(42)48)55(38-19-14-18-37(33-38)36-16-6-5-7-17-36)49-27-15-26-46-51(49)41-22-10-11-23-43(41)53(46,3)4/h5-33H,1-4H3. The molecule has 0 N–H and O–H groups in total. The van der Waals surface area contributed by atoms with Gasteiger partial charge in [-0.3, -0.25) is 0 Å². The van der Waals surface area contributed by atoms with E-state index < -0.39 is 5.41 Å². The van der Waals surface area contributed by atoms with Crippen molar-refractivity contribution in [3.63, 3.8) is 0 Å². The van der Waals surface area contributed by atoms with Crippen LogP contribution in [0.5, 0.6) is 0 Å². The van der Waals surface area contributed by atoms with E-state index in [0.717, 1.165) is 5.69 Å². The van der Waals surface area contributed by atoms with Gasteiger partial charge in [0.25, 0.3) is 0 Å². The maximum atomic E-state index is 2.59. The molecule has 0 radical (unpaired) electrons. The van der Waals surface area contributed by atoms with Crippen molar-refractivity contribution < 1.29 is 0 Å². The van der Waals surface area contributed by atoms with E-state index in [9.17, 15) is 0 Å². The van der Waals surface area contributed by atoms with Crippen molar-refractivity contribution in [3.8, 4) is 44.5 Å². The Morgan fingerprint density at radius 2 is 0.927 bits per heavy atom. The van der Waals surface area contributed by atoms with Gasteiger partial charge in [-0.15, -0.1) is 0 Å². The average molecular weight is 704 g/mol. The molecule has 1 nitrogen and oxygen atoms in total. The zero-order valence-electron chi connectivity index (χ0n) is 31.7. The van der Waals surface area contributed by atoms with Gasteiger partial charge in [-0.1, -0.05) is 171 Å². The SMILES string of the molecule is Cc1ccc2c(c1)C1(c3ccccc3-c3ccccc31)c1cc(C)cc(N(c3cccc(-c4ccccc4)c3)c3cccc4c3-c3ccccc3C4(C)C)c1-2. The first-order valence-electron chi connectivity index (χ1n) is 19.5. The fourth-order valence-electron chi connectivity index (χ4n) is 10.5. The van der Waals surface area contributed by atoms with Crippen LogP contribution in [0.25, 0.3) is 44.5 Å². The lowest BCUT2D eigenvalue weighted by molar-refractivity contribution is 0.660. The van der Waals surface area contributed by atoms with Gasteiger partial charge >= 0.3 is 0 Å². The minimum absolute atomic E-state index is 0.125. The smallest absolute Gasteiger partial charge is 0.0726 e. The van der Waals surface area contributed by atoms with Gasteiger partial charge in [-0.05, 0) is 110 Å². The van der Waals surface area contributed by atoms with Gasteiger partial charge in [0.1, 0.15) is 0 Å². The maximum absolute atomic E-state index is 2.59. The topological polar surface area (TPSA) is 3.24 Å². The number of aryl methyl sites for hydroxylation is 2. The molecule has 0 atom stereocenters. The van der Waals surface area contributed by atoms with E-state index >= 15 is 0 Å². The number of anilines is 3. The first-order valence-corrected chi connectivity index (χ1v) is 19.5. The van der Waals surface area contributed by atoms with E-state index in [0.29, 0.717) is 0 Å². The molecule has 3 aliphatic rings. The fraction of sp³-hybridized carbons (Fsp3) is 0.111. The molecule has 262 valence electrons. The highest BCUT2D eigenvalue weighted by molar-refractivity contribution is 6.04. The van der Waals surface area contributed by atoms with Crippen molar-refractivity contribution in [2.24, 2.45) is 0 Å². The molecule has 0 amide bonds. The molecule has 0 heterocycles. The lowest BCUT2D eigenvalue weighted by atomic mass is 9.70. The van der Waals surface area contributed by atoms with Gasteiger partial charge < -0.3 is 4.90 Å². The van der Waals surface area contributed by atoms with E-state index in [-0.39, 0.29) is 5.41 Å². The maximum Gasteiger partial charge on any atom is 0.0726 e. The van der Waals surface area contributed by atoms with Gasteiger partial charge in [-0.2, -0.15) is 0 Å². The summed E-state index contributed by atoms with van der Waals surface area (Å²) >= 11 is 0. The van der Waals surface area contributed by atoms with E-state index in [1.54, 1.807) is 0 Å². The average Bonchev–Trinajstić information content (AvgIpc) is 3.77. The molecular weight excluding hydrogens is 663 g/mol. The van der Waals surface area contributed by atoms with Gasteiger partial charge in [0, 0.05) is 22.2 Å². The minimum Gasteiger partial charge on any atom is -0.309 e. The van der Waals surface area contributed by atoms with Crippen molar-refractivity contribution >= 4 is 17.1 Å². The molecule has 11 rings (SSSR count). The highest BCUT2D eigenvalue weighted by atomic mass is 15.1. The van der Waals surface area contributed by atoms with E-state index in [2.05, 4.69) is 209 Å². The molecule has 0 bridgehead atoms. The third kappa shape index (κ3) is 4.30. The van der Waals surface area contributed by atoms with E-state index in [1.807, 2.05) is 0 Å². The van der Waals surface area contributed by atoms with Crippen LogP contribution in [0.3, 0.4) is 0 Å². The largest absolute Gasteiger partial charge is 0.309 e. The van der Waals surface area contributed by atoms with Crippen molar-refractivity contribution in [3.05, 3.63) is 220 Å². The van der Waals surface area contributed by atoms with Crippen LogP contribution in [-0.2, 0) is 10.8 Å². The number of nitrogens with zero attached hydrogens (tertiary/aromatic N) is 1. The third-order valence-corrected chi connectivity index (χ3v) is 12.7. The predicted molar refractivity (Wildman–Crippen MR) is 230 cm³/mol. The summed E-state index contributed by atoms with van der Waals surface area (Å²) in [4.78, 5) is 2.59. The molecule has 0 saturated carbocycles. The number of fused-ring (bicyclic) bond motifs is 13. The normalized spacial score (nSPS) is 14.5. The quantitative estimate of drug-likeness (QED) is 0.176. The van der Waals surface area contributed by atoms with Crippen LogP contribution in [-0.4, -0.2) is 0 Å². The summed E-state index contributed by atoms with van der Waals surface area (Å²) in [5.74, 6) is 0. The number of hydrogen-bond donors (Lipinski definition) is 0. The summed E-state index contributed by atoms with van der Waals surface area (Å²) in [5, 5.41) is 0. The molecule has 8 aromatic rings. The Bertz CT molecular complexity index is 2830. The van der Waals surface area contributed by atoms with Crippen LogP contribution in [0.15, 0.2) is 176 Å². The number of hydrogen-bond acceptors (Lipinski definition) is 1. The lowest BCUT2D eigenvalue weighted by Crippen LogP contribution is -2.26. The molecule has 3 aliphatic carbocycles. The predicted octanol–water partition coefficient (Wildman–Crippen LogP) is 14.1. The Kier molecular flexibility index (Phi) is 6.72. The van der Waals surface area contributed by atoms with Crippen molar-refractivity contribution in [1.29, 1.82) is 0 Å². The molecule has 0 saturated heterocycles. The molecular formula is C54H41N. The van der Waals surface area contributed by atoms with Crippen LogP contribution < -0.4 is 4.90 Å². The van der Waals surface area contributed by atoms with Crippen LogP contribution in [0.4, 0.5) is 17.1 Å². The number of rotatable bonds is 4. The van der Waals surface area contributed by atoms with Crippen LogP contribution in [0.1, 0.15) is 58.4 Å². The molecule has 1 heteroatoms. The molecule has 1 spiro atoms. The van der Waals surface area contributed by atoms with E-state index in [4.69, 9.17) is 0 Å². The summed E-state index contributed by atoms with van der Waals surface area (Å²) in [6, 6.07) is 66.3. The minimum atomic E-state index is -0.435. The second-order valence-electron chi connectivity index (χ2n) is 16.2. The third-order valence-electron chi connectivity index (χ3n) is 12.7. The van der Waals surface area contributed by atoms with Crippen LogP contribution >= 0.6 is 0 Å². The van der Waals surface area contributed by atoms with Crippen LogP contribution in [0, 0.1) is 13.8 Å². The first kappa shape index (κ1) is 32.0. The summed E-state index contributed by atoms with van der Waals surface area (Å²) in [5.41, 5.74) is 24.0. The molecule has 0 fully saturated rings. The van der Waals surface area contributed by atoms with Crippen LogP contribution in [0.2, 0.25) is 0 Å². The molecule has 0 aromatic heterocycles. The highest BCUT2D eigenvalue weighted by Crippen LogP contribution is 2.65. The zero-order valence-corrected chi connectivity index (χ0v) is 31.7. The number of benzene rings is 8. The zero-order chi connectivity index (χ0) is 37.1. The van der Waals surface area contributed by atoms with Gasteiger partial charge in [0.05, 0.1) is 16.8 Å². The molecule has 0 unspecified atom stereocenters. The summed E-state index contributed by atoms with van der Waals surface area (Å²) in [7, 11) is 0. The Morgan fingerprint density at radius 3 is 1.67 bits per heavy atom. The van der Waals surface area contributed by atoms with Gasteiger partial charge in [0.15, 0.2) is 0 Å². The first-order chi connectivity index (χ1) is 26.9. The fourth-order valence-corrected chi connectivity index (χ4v) is 10.5. The summed E-state index contributed by atoms with van der Waals surface area (Å²) < 4.78 is 0.